The first-order valence-electron chi connectivity index (χ1n) is 4.78. The van der Waals surface area contributed by atoms with Crippen LogP contribution >= 0.6 is 15.9 Å². The van der Waals surface area contributed by atoms with Crippen LogP contribution in [0, 0.1) is 17.7 Å². The Morgan fingerprint density at radius 3 is 2.25 bits per heavy atom. The Morgan fingerprint density at radius 2 is 1.56 bits per heavy atom. The Morgan fingerprint density at radius 1 is 0.875 bits per heavy atom. The summed E-state index contributed by atoms with van der Waals surface area (Å²) in [5.74, 6) is 5.77. The van der Waals surface area contributed by atoms with Crippen molar-refractivity contribution >= 4 is 15.9 Å². The van der Waals surface area contributed by atoms with Gasteiger partial charge in [0.2, 0.25) is 0 Å². The molecule has 0 aromatic heterocycles. The van der Waals surface area contributed by atoms with E-state index < -0.39 is 0 Å². The molecule has 0 spiro atoms. The average Bonchev–Trinajstić information content (AvgIpc) is 2.30. The Balaban J connectivity index is 2.29. The van der Waals surface area contributed by atoms with Gasteiger partial charge in [-0.25, -0.2) is 4.39 Å². The van der Waals surface area contributed by atoms with Crippen molar-refractivity contribution in [3.8, 4) is 11.8 Å². The summed E-state index contributed by atoms with van der Waals surface area (Å²) in [5, 5.41) is 0. The molecule has 0 unspecified atom stereocenters. The zero-order chi connectivity index (χ0) is 11.4. The molecule has 0 aliphatic carbocycles. The lowest BCUT2D eigenvalue weighted by molar-refractivity contribution is 0.627. The second kappa shape index (κ2) is 4.96. The molecule has 0 heterocycles. The zero-order valence-corrected chi connectivity index (χ0v) is 9.96. The monoisotopic (exact) mass is 274 g/mol. The Labute approximate surface area is 102 Å². The highest BCUT2D eigenvalue weighted by molar-refractivity contribution is 9.10. The minimum Gasteiger partial charge on any atom is -0.207 e. The second-order valence-electron chi connectivity index (χ2n) is 3.24. The summed E-state index contributed by atoms with van der Waals surface area (Å²) in [7, 11) is 0. The molecule has 2 aromatic carbocycles. The van der Waals surface area contributed by atoms with Crippen LogP contribution in [0.25, 0.3) is 0 Å². The lowest BCUT2D eigenvalue weighted by Crippen LogP contribution is -1.78. The Hall–Kier alpha value is -1.59. The molecule has 2 rings (SSSR count). The number of hydrogen-bond donors (Lipinski definition) is 0. The van der Waals surface area contributed by atoms with Crippen molar-refractivity contribution in [2.45, 2.75) is 0 Å². The largest absolute Gasteiger partial charge is 0.207 e. The van der Waals surface area contributed by atoms with Gasteiger partial charge in [0, 0.05) is 15.6 Å². The van der Waals surface area contributed by atoms with Gasteiger partial charge in [-0.2, -0.15) is 0 Å². The fraction of sp³-hybridized carbons (Fsp3) is 0. The van der Waals surface area contributed by atoms with Crippen LogP contribution in [-0.2, 0) is 0 Å². The van der Waals surface area contributed by atoms with Crippen LogP contribution in [0.1, 0.15) is 11.1 Å². The lowest BCUT2D eigenvalue weighted by atomic mass is 10.2. The normalized spacial score (nSPS) is 9.38. The number of benzene rings is 2. The number of hydrogen-bond acceptors (Lipinski definition) is 0. The fourth-order valence-electron chi connectivity index (χ4n) is 1.24. The predicted molar refractivity (Wildman–Crippen MR) is 66.5 cm³/mol. The van der Waals surface area contributed by atoms with E-state index in [1.54, 1.807) is 12.1 Å². The van der Waals surface area contributed by atoms with Crippen LogP contribution in [0.4, 0.5) is 4.39 Å². The van der Waals surface area contributed by atoms with Crippen LogP contribution in [-0.4, -0.2) is 0 Å². The van der Waals surface area contributed by atoms with E-state index in [-0.39, 0.29) is 5.82 Å². The minimum atomic E-state index is -0.244. The molecule has 0 bridgehead atoms. The van der Waals surface area contributed by atoms with Crippen molar-refractivity contribution in [3.05, 3.63) is 69.9 Å². The maximum Gasteiger partial charge on any atom is 0.123 e. The van der Waals surface area contributed by atoms with Gasteiger partial charge in [-0.05, 0) is 52.3 Å². The van der Waals surface area contributed by atoms with Crippen molar-refractivity contribution in [2.24, 2.45) is 0 Å². The van der Waals surface area contributed by atoms with Gasteiger partial charge in [0.25, 0.3) is 0 Å². The third-order valence-corrected chi connectivity index (χ3v) is 2.75. The summed E-state index contributed by atoms with van der Waals surface area (Å²) in [4.78, 5) is 0. The summed E-state index contributed by atoms with van der Waals surface area (Å²) in [6.45, 7) is 0. The first-order chi connectivity index (χ1) is 7.75. The number of rotatable bonds is 0. The third kappa shape index (κ3) is 2.71. The van der Waals surface area contributed by atoms with Crippen LogP contribution in [0.3, 0.4) is 0 Å². The molecule has 0 radical (unpaired) electrons. The van der Waals surface area contributed by atoms with Crippen LogP contribution in [0.5, 0.6) is 0 Å². The molecule has 2 heteroatoms. The van der Waals surface area contributed by atoms with Gasteiger partial charge in [-0.1, -0.05) is 24.0 Å². The van der Waals surface area contributed by atoms with Crippen molar-refractivity contribution in [3.63, 3.8) is 0 Å². The highest BCUT2D eigenvalue weighted by Crippen LogP contribution is 2.14. The molecule has 0 amide bonds. The van der Waals surface area contributed by atoms with E-state index in [4.69, 9.17) is 0 Å². The summed E-state index contributed by atoms with van der Waals surface area (Å²) >= 11 is 3.42. The number of halogens is 2. The standard InChI is InChI=1S/C14H8BrF/c15-14-4-2-1-3-12(14)8-5-11-6-9-13(16)10-7-11/h1-4,6-7,9-10H. The van der Waals surface area contributed by atoms with E-state index >= 15 is 0 Å². The smallest absolute Gasteiger partial charge is 0.123 e. The van der Waals surface area contributed by atoms with Gasteiger partial charge >= 0.3 is 0 Å². The van der Waals surface area contributed by atoms with E-state index in [0.29, 0.717) is 0 Å². The van der Waals surface area contributed by atoms with E-state index in [1.165, 1.54) is 12.1 Å². The first-order valence-corrected chi connectivity index (χ1v) is 5.57. The Bertz CT molecular complexity index is 547. The van der Waals surface area contributed by atoms with Crippen LogP contribution in [0.2, 0.25) is 0 Å². The van der Waals surface area contributed by atoms with Crippen molar-refractivity contribution < 1.29 is 4.39 Å². The van der Waals surface area contributed by atoms with E-state index in [0.717, 1.165) is 15.6 Å². The molecular formula is C14H8BrF. The molecule has 0 saturated heterocycles. The Kier molecular flexibility index (Phi) is 3.38. The maximum absolute atomic E-state index is 12.7. The topological polar surface area (TPSA) is 0 Å². The van der Waals surface area contributed by atoms with Gasteiger partial charge in [0.1, 0.15) is 5.82 Å². The molecule has 0 N–H and O–H groups in total. The molecule has 0 saturated carbocycles. The van der Waals surface area contributed by atoms with E-state index in [2.05, 4.69) is 27.8 Å². The second-order valence-corrected chi connectivity index (χ2v) is 4.09. The molecule has 0 aliphatic heterocycles. The molecule has 0 atom stereocenters. The van der Waals surface area contributed by atoms with Crippen molar-refractivity contribution in [1.29, 1.82) is 0 Å². The molecule has 16 heavy (non-hydrogen) atoms. The van der Waals surface area contributed by atoms with Gasteiger partial charge in [0.05, 0.1) is 0 Å². The van der Waals surface area contributed by atoms with Gasteiger partial charge in [-0.3, -0.25) is 0 Å². The summed E-state index contributed by atoms with van der Waals surface area (Å²) in [6, 6.07) is 13.9. The third-order valence-electron chi connectivity index (χ3n) is 2.06. The maximum atomic E-state index is 12.7. The molecular weight excluding hydrogens is 267 g/mol. The summed E-state index contributed by atoms with van der Waals surface area (Å²) < 4.78 is 13.6. The highest BCUT2D eigenvalue weighted by atomic mass is 79.9. The predicted octanol–water partition coefficient (Wildman–Crippen LogP) is 3.99. The molecule has 0 fully saturated rings. The van der Waals surface area contributed by atoms with Gasteiger partial charge in [0.15, 0.2) is 0 Å². The lowest BCUT2D eigenvalue weighted by Gasteiger charge is -1.93. The van der Waals surface area contributed by atoms with E-state index in [1.807, 2.05) is 24.3 Å². The SMILES string of the molecule is Fc1ccc(C#Cc2ccccc2Br)cc1. The van der Waals surface area contributed by atoms with Crippen molar-refractivity contribution in [1.82, 2.24) is 0 Å². The van der Waals surface area contributed by atoms with Gasteiger partial charge < -0.3 is 0 Å². The minimum absolute atomic E-state index is 0.244. The summed E-state index contributed by atoms with van der Waals surface area (Å²) in [5.41, 5.74) is 1.73. The first kappa shape index (κ1) is 10.9. The van der Waals surface area contributed by atoms with Crippen molar-refractivity contribution in [2.75, 3.05) is 0 Å². The van der Waals surface area contributed by atoms with Gasteiger partial charge in [-0.15, -0.1) is 0 Å². The quantitative estimate of drug-likeness (QED) is 0.638. The zero-order valence-electron chi connectivity index (χ0n) is 8.37. The van der Waals surface area contributed by atoms with E-state index in [9.17, 15) is 4.39 Å². The molecule has 2 aromatic rings. The van der Waals surface area contributed by atoms with Crippen LogP contribution < -0.4 is 0 Å². The summed E-state index contributed by atoms with van der Waals surface area (Å²) in [6.07, 6.45) is 0. The molecule has 0 nitrogen and oxygen atoms in total. The highest BCUT2D eigenvalue weighted by Gasteiger charge is 1.93. The molecule has 78 valence electrons. The average molecular weight is 275 g/mol. The molecule has 0 aliphatic rings. The van der Waals surface area contributed by atoms with Crippen LogP contribution in [0.15, 0.2) is 53.0 Å². The fourth-order valence-corrected chi connectivity index (χ4v) is 1.62.